The zero-order chi connectivity index (χ0) is 16.8. The van der Waals surface area contributed by atoms with Crippen LogP contribution in [0, 0.1) is 0 Å². The number of thioether (sulfide) groups is 1. The molecule has 0 aliphatic heterocycles. The van der Waals surface area contributed by atoms with Crippen LogP contribution >= 0.6 is 11.8 Å². The molecule has 1 rings (SSSR count). The number of benzene rings is 1. The molecule has 0 aliphatic rings. The summed E-state index contributed by atoms with van der Waals surface area (Å²) < 4.78 is 75.6. The fourth-order valence-electron chi connectivity index (χ4n) is 1.60. The normalized spacial score (nSPS) is 13.9. The van der Waals surface area contributed by atoms with E-state index in [-0.39, 0.29) is 5.75 Å². The van der Waals surface area contributed by atoms with Crippen molar-refractivity contribution in [2.45, 2.75) is 37.5 Å². The van der Waals surface area contributed by atoms with Crippen molar-refractivity contribution in [1.82, 2.24) is 0 Å². The lowest BCUT2D eigenvalue weighted by molar-refractivity contribution is -0.148. The molecule has 0 fully saturated rings. The maximum Gasteiger partial charge on any atom is 0.389 e. The number of hydrogen-bond acceptors (Lipinski definition) is 2. The van der Waals surface area contributed by atoms with Crippen LogP contribution in [-0.2, 0) is 0 Å². The first-order valence-electron chi connectivity index (χ1n) is 6.42. The Bertz CT molecular complexity index is 474. The molecule has 0 bridgehead atoms. The van der Waals surface area contributed by atoms with E-state index < -0.39 is 42.6 Å². The first-order chi connectivity index (χ1) is 10.1. The molecule has 0 heterocycles. The molecule has 0 N–H and O–H groups in total. The van der Waals surface area contributed by atoms with Crippen molar-refractivity contribution in [1.29, 1.82) is 0 Å². The standard InChI is InChI=1S/C14H14F6OS/c15-11(6-7-14(18,19)20)13(16,17)8-9-22-12(21)10-4-2-1-3-5-10/h1-5,11H,6-9H2. The van der Waals surface area contributed by atoms with Gasteiger partial charge in [-0.3, -0.25) is 4.79 Å². The Morgan fingerprint density at radius 3 is 2.18 bits per heavy atom. The molecule has 124 valence electrons. The molecule has 0 spiro atoms. The summed E-state index contributed by atoms with van der Waals surface area (Å²) in [5, 5.41) is -0.443. The lowest BCUT2D eigenvalue weighted by atomic mass is 10.1. The predicted octanol–water partition coefficient (Wildman–Crippen LogP) is 5.27. The molecule has 0 aromatic heterocycles. The lowest BCUT2D eigenvalue weighted by Crippen LogP contribution is -2.32. The second kappa shape index (κ2) is 7.89. The van der Waals surface area contributed by atoms with E-state index in [1.54, 1.807) is 18.2 Å². The quantitative estimate of drug-likeness (QED) is 0.627. The van der Waals surface area contributed by atoms with E-state index in [1.807, 2.05) is 0 Å². The minimum Gasteiger partial charge on any atom is -0.282 e. The van der Waals surface area contributed by atoms with Crippen molar-refractivity contribution in [3.63, 3.8) is 0 Å². The smallest absolute Gasteiger partial charge is 0.282 e. The van der Waals surface area contributed by atoms with Gasteiger partial charge in [-0.1, -0.05) is 42.1 Å². The molecule has 0 saturated carbocycles. The molecule has 1 aromatic carbocycles. The SMILES string of the molecule is O=C(SCCC(F)(F)C(F)CCC(F)(F)F)c1ccccc1. The highest BCUT2D eigenvalue weighted by molar-refractivity contribution is 8.14. The topological polar surface area (TPSA) is 17.1 Å². The van der Waals surface area contributed by atoms with Crippen LogP contribution in [-0.4, -0.2) is 29.1 Å². The third-order valence-corrected chi connectivity index (χ3v) is 3.72. The van der Waals surface area contributed by atoms with Crippen molar-refractivity contribution >= 4 is 16.9 Å². The van der Waals surface area contributed by atoms with Gasteiger partial charge in [0.1, 0.15) is 0 Å². The van der Waals surface area contributed by atoms with Crippen LogP contribution in [0.3, 0.4) is 0 Å². The van der Waals surface area contributed by atoms with E-state index >= 15 is 0 Å². The Morgan fingerprint density at radius 2 is 1.64 bits per heavy atom. The monoisotopic (exact) mass is 344 g/mol. The number of alkyl halides is 6. The van der Waals surface area contributed by atoms with E-state index in [4.69, 9.17) is 0 Å². The van der Waals surface area contributed by atoms with Gasteiger partial charge in [-0.25, -0.2) is 13.2 Å². The minimum absolute atomic E-state index is 0.324. The highest BCUT2D eigenvalue weighted by Crippen LogP contribution is 2.33. The molecule has 1 nitrogen and oxygen atoms in total. The summed E-state index contributed by atoms with van der Waals surface area (Å²) in [4.78, 5) is 11.6. The molecule has 1 atom stereocenters. The van der Waals surface area contributed by atoms with Gasteiger partial charge in [0.25, 0.3) is 5.92 Å². The highest BCUT2D eigenvalue weighted by Gasteiger charge is 2.41. The maximum absolute atomic E-state index is 13.4. The molecule has 0 aliphatic carbocycles. The van der Waals surface area contributed by atoms with Crippen LogP contribution in [0.15, 0.2) is 30.3 Å². The average molecular weight is 344 g/mol. The Morgan fingerprint density at radius 1 is 1.05 bits per heavy atom. The third kappa shape index (κ3) is 6.72. The fourth-order valence-corrected chi connectivity index (χ4v) is 2.46. The summed E-state index contributed by atoms with van der Waals surface area (Å²) in [6.07, 6.45) is -11.4. The lowest BCUT2D eigenvalue weighted by Gasteiger charge is -2.20. The molecule has 0 amide bonds. The van der Waals surface area contributed by atoms with Crippen molar-refractivity contribution in [2.75, 3.05) is 5.75 Å². The van der Waals surface area contributed by atoms with Crippen LogP contribution < -0.4 is 0 Å². The second-order valence-corrected chi connectivity index (χ2v) is 5.70. The Hall–Kier alpha value is -1.18. The molecule has 1 aromatic rings. The zero-order valence-corrected chi connectivity index (χ0v) is 12.2. The van der Waals surface area contributed by atoms with Crippen molar-refractivity contribution < 1.29 is 31.1 Å². The number of halogens is 6. The molecular weight excluding hydrogens is 330 g/mol. The van der Waals surface area contributed by atoms with Gasteiger partial charge in [0.05, 0.1) is 0 Å². The summed E-state index contributed by atoms with van der Waals surface area (Å²) in [5.41, 5.74) is 0.324. The molecule has 0 saturated heterocycles. The van der Waals surface area contributed by atoms with Crippen LogP contribution in [0.1, 0.15) is 29.6 Å². The van der Waals surface area contributed by atoms with Crippen LogP contribution in [0.25, 0.3) is 0 Å². The molecular formula is C14H14F6OS. The first kappa shape index (κ1) is 18.9. The zero-order valence-electron chi connectivity index (χ0n) is 11.4. The predicted molar refractivity (Wildman–Crippen MR) is 73.0 cm³/mol. The Kier molecular flexibility index (Phi) is 6.77. The van der Waals surface area contributed by atoms with Gasteiger partial charge in [0.15, 0.2) is 6.17 Å². The number of carbonyl (C=O) groups excluding carboxylic acids is 1. The summed E-state index contributed by atoms with van der Waals surface area (Å²) in [7, 11) is 0. The van der Waals surface area contributed by atoms with Gasteiger partial charge in [-0.15, -0.1) is 0 Å². The molecule has 8 heteroatoms. The number of carbonyl (C=O) groups is 1. The van der Waals surface area contributed by atoms with Gasteiger partial charge >= 0.3 is 6.18 Å². The highest BCUT2D eigenvalue weighted by atomic mass is 32.2. The van der Waals surface area contributed by atoms with E-state index in [0.717, 1.165) is 0 Å². The third-order valence-electron chi connectivity index (χ3n) is 2.82. The van der Waals surface area contributed by atoms with Crippen molar-refractivity contribution in [3.8, 4) is 0 Å². The van der Waals surface area contributed by atoms with Crippen LogP contribution in [0.4, 0.5) is 26.3 Å². The van der Waals surface area contributed by atoms with Crippen molar-refractivity contribution in [3.05, 3.63) is 35.9 Å². The van der Waals surface area contributed by atoms with E-state index in [0.29, 0.717) is 17.3 Å². The van der Waals surface area contributed by atoms with Gasteiger partial charge in [0, 0.05) is 24.2 Å². The van der Waals surface area contributed by atoms with Gasteiger partial charge in [-0.05, 0) is 6.42 Å². The van der Waals surface area contributed by atoms with E-state index in [2.05, 4.69) is 0 Å². The summed E-state index contributed by atoms with van der Waals surface area (Å²) >= 11 is 0.590. The number of rotatable bonds is 7. The summed E-state index contributed by atoms with van der Waals surface area (Å²) in [6.45, 7) is 0. The van der Waals surface area contributed by atoms with E-state index in [9.17, 15) is 31.1 Å². The van der Waals surface area contributed by atoms with Gasteiger partial charge in [-0.2, -0.15) is 13.2 Å². The van der Waals surface area contributed by atoms with Crippen LogP contribution in [0.5, 0.6) is 0 Å². The first-order valence-corrected chi connectivity index (χ1v) is 7.41. The van der Waals surface area contributed by atoms with Crippen LogP contribution in [0.2, 0.25) is 0 Å². The molecule has 22 heavy (non-hydrogen) atoms. The largest absolute Gasteiger partial charge is 0.389 e. The number of hydrogen-bond donors (Lipinski definition) is 0. The summed E-state index contributed by atoms with van der Waals surface area (Å²) in [6, 6.07) is 7.92. The fraction of sp³-hybridized carbons (Fsp3) is 0.500. The second-order valence-electron chi connectivity index (χ2n) is 4.63. The Labute approximate surface area is 128 Å². The van der Waals surface area contributed by atoms with E-state index in [1.165, 1.54) is 12.1 Å². The average Bonchev–Trinajstić information content (AvgIpc) is 2.44. The molecule has 0 radical (unpaired) electrons. The molecule has 1 unspecified atom stereocenters. The van der Waals surface area contributed by atoms with Crippen molar-refractivity contribution in [2.24, 2.45) is 0 Å². The maximum atomic E-state index is 13.4. The van der Waals surface area contributed by atoms with Gasteiger partial charge < -0.3 is 0 Å². The Balaban J connectivity index is 2.40. The summed E-state index contributed by atoms with van der Waals surface area (Å²) in [5.74, 6) is -4.25. The van der Waals surface area contributed by atoms with Gasteiger partial charge in [0.2, 0.25) is 5.12 Å². The minimum atomic E-state index is -4.67.